The number of amides is 1. The van der Waals surface area contributed by atoms with Crippen molar-refractivity contribution in [1.29, 1.82) is 0 Å². The standard InChI is InChI=1S/C32H36N6O2S/c1-21-20-25(22(2)38(21)24-15-13-23(14-16-24)36(3)4)31-30(27-11-8-9-18-33-27)35-32(41)37(31)19-17-29(39)34-26-10-6-7-12-28(26)40-5/h6-16,18,20,30-31H,17,19H2,1-5H3,(H,34,39)(H,35,41)/t30-,31-/m0/s1. The minimum Gasteiger partial charge on any atom is -0.495 e. The molecular formula is C32H36N6O2S. The van der Waals surface area contributed by atoms with Crippen LogP contribution in [-0.2, 0) is 4.79 Å². The lowest BCUT2D eigenvalue weighted by molar-refractivity contribution is -0.116. The number of nitrogens with one attached hydrogen (secondary N) is 2. The van der Waals surface area contributed by atoms with Crippen LogP contribution >= 0.6 is 12.2 Å². The molecule has 1 aliphatic rings. The number of thiocarbonyl (C=S) groups is 1. The summed E-state index contributed by atoms with van der Waals surface area (Å²) >= 11 is 5.85. The Labute approximate surface area is 247 Å². The number of hydrogen-bond acceptors (Lipinski definition) is 5. The van der Waals surface area contributed by atoms with E-state index in [4.69, 9.17) is 17.0 Å². The van der Waals surface area contributed by atoms with Crippen LogP contribution in [0.1, 0.15) is 41.1 Å². The van der Waals surface area contributed by atoms with Gasteiger partial charge in [0.2, 0.25) is 5.91 Å². The number of ether oxygens (including phenoxy) is 1. The van der Waals surface area contributed by atoms with Crippen LogP contribution in [0.5, 0.6) is 5.75 Å². The average molecular weight is 569 g/mol. The van der Waals surface area contributed by atoms with Crippen molar-refractivity contribution in [2.75, 3.05) is 38.0 Å². The number of carbonyl (C=O) groups is 1. The smallest absolute Gasteiger partial charge is 0.226 e. The molecule has 41 heavy (non-hydrogen) atoms. The zero-order chi connectivity index (χ0) is 29.1. The first kappa shape index (κ1) is 28.2. The maximum atomic E-state index is 13.0. The highest BCUT2D eigenvalue weighted by molar-refractivity contribution is 7.80. The van der Waals surface area contributed by atoms with E-state index in [9.17, 15) is 4.79 Å². The van der Waals surface area contributed by atoms with Gasteiger partial charge in [0, 0.05) is 56.0 Å². The lowest BCUT2D eigenvalue weighted by atomic mass is 9.96. The van der Waals surface area contributed by atoms with Crippen molar-refractivity contribution in [3.8, 4) is 11.4 Å². The predicted octanol–water partition coefficient (Wildman–Crippen LogP) is 5.57. The third-order valence-electron chi connectivity index (χ3n) is 7.57. The lowest BCUT2D eigenvalue weighted by Gasteiger charge is -2.28. The highest BCUT2D eigenvalue weighted by Crippen LogP contribution is 2.41. The number of aromatic nitrogens is 2. The summed E-state index contributed by atoms with van der Waals surface area (Å²) in [6.07, 6.45) is 2.06. The molecular weight excluding hydrogens is 532 g/mol. The minimum atomic E-state index is -0.161. The molecule has 0 unspecified atom stereocenters. The van der Waals surface area contributed by atoms with Gasteiger partial charge in [0.15, 0.2) is 5.11 Å². The molecule has 4 aromatic rings. The van der Waals surface area contributed by atoms with Crippen molar-refractivity contribution in [3.63, 3.8) is 0 Å². The molecule has 0 radical (unpaired) electrons. The monoisotopic (exact) mass is 568 g/mol. The second kappa shape index (κ2) is 12.0. The Kier molecular flexibility index (Phi) is 8.26. The third-order valence-corrected chi connectivity index (χ3v) is 7.92. The van der Waals surface area contributed by atoms with Crippen molar-refractivity contribution in [3.05, 3.63) is 102 Å². The largest absolute Gasteiger partial charge is 0.495 e. The van der Waals surface area contributed by atoms with Gasteiger partial charge in [-0.15, -0.1) is 0 Å². The molecule has 2 atom stereocenters. The van der Waals surface area contributed by atoms with E-state index in [0.717, 1.165) is 34.0 Å². The van der Waals surface area contributed by atoms with Gasteiger partial charge in [0.1, 0.15) is 5.75 Å². The van der Waals surface area contributed by atoms with Gasteiger partial charge in [-0.25, -0.2) is 0 Å². The maximum absolute atomic E-state index is 13.0. The van der Waals surface area contributed by atoms with E-state index in [1.54, 1.807) is 13.3 Å². The molecule has 2 aromatic carbocycles. The van der Waals surface area contributed by atoms with Crippen LogP contribution in [0.25, 0.3) is 5.69 Å². The van der Waals surface area contributed by atoms with Crippen LogP contribution in [0, 0.1) is 13.8 Å². The fraction of sp³-hybridized carbons (Fsp3) is 0.281. The molecule has 5 rings (SSSR count). The topological polar surface area (TPSA) is 74.7 Å². The van der Waals surface area contributed by atoms with Crippen molar-refractivity contribution in [2.24, 2.45) is 0 Å². The molecule has 1 aliphatic heterocycles. The molecule has 8 nitrogen and oxygen atoms in total. The Bertz CT molecular complexity index is 1530. The highest BCUT2D eigenvalue weighted by Gasteiger charge is 2.41. The summed E-state index contributed by atoms with van der Waals surface area (Å²) in [5.41, 5.74) is 7.20. The summed E-state index contributed by atoms with van der Waals surface area (Å²) < 4.78 is 7.67. The molecule has 212 valence electrons. The Balaban J connectivity index is 1.46. The zero-order valence-electron chi connectivity index (χ0n) is 24.1. The Morgan fingerprint density at radius 1 is 1.07 bits per heavy atom. The van der Waals surface area contributed by atoms with E-state index in [2.05, 4.69) is 74.2 Å². The number of carbonyl (C=O) groups excluding carboxylic acids is 1. The molecule has 2 N–H and O–H groups in total. The number of rotatable bonds is 9. The average Bonchev–Trinajstić information content (AvgIpc) is 3.46. The number of benzene rings is 2. The third kappa shape index (κ3) is 5.76. The number of pyridine rings is 1. The second-order valence-electron chi connectivity index (χ2n) is 10.4. The van der Waals surface area contributed by atoms with E-state index in [0.29, 0.717) is 23.1 Å². The molecule has 2 aromatic heterocycles. The summed E-state index contributed by atoms with van der Waals surface area (Å²) in [4.78, 5) is 21.9. The van der Waals surface area contributed by atoms with Gasteiger partial charge >= 0.3 is 0 Å². The fourth-order valence-corrected chi connectivity index (χ4v) is 5.88. The van der Waals surface area contributed by atoms with Crippen LogP contribution in [-0.4, -0.2) is 53.2 Å². The number of aryl methyl sites for hydroxylation is 1. The van der Waals surface area contributed by atoms with Crippen LogP contribution in [0.2, 0.25) is 0 Å². The molecule has 0 bridgehead atoms. The summed E-state index contributed by atoms with van der Waals surface area (Å²) in [5, 5.41) is 7.09. The highest BCUT2D eigenvalue weighted by atomic mass is 32.1. The fourth-order valence-electron chi connectivity index (χ4n) is 5.55. The summed E-state index contributed by atoms with van der Waals surface area (Å²) in [5.74, 6) is 0.516. The van der Waals surface area contributed by atoms with Crippen molar-refractivity contribution >= 4 is 34.6 Å². The number of hydrogen-bond donors (Lipinski definition) is 2. The van der Waals surface area contributed by atoms with Gasteiger partial charge in [-0.1, -0.05) is 18.2 Å². The van der Waals surface area contributed by atoms with E-state index in [1.807, 2.05) is 56.6 Å². The van der Waals surface area contributed by atoms with Crippen LogP contribution < -0.4 is 20.3 Å². The van der Waals surface area contributed by atoms with Gasteiger partial charge in [0.25, 0.3) is 0 Å². The molecule has 1 saturated heterocycles. The van der Waals surface area contributed by atoms with E-state index >= 15 is 0 Å². The maximum Gasteiger partial charge on any atom is 0.226 e. The number of nitrogens with zero attached hydrogens (tertiary/aromatic N) is 4. The summed E-state index contributed by atoms with van der Waals surface area (Å²) in [6.45, 7) is 4.71. The molecule has 0 saturated carbocycles. The van der Waals surface area contributed by atoms with Gasteiger partial charge in [0.05, 0.1) is 30.6 Å². The first-order valence-corrected chi connectivity index (χ1v) is 14.1. The Hall–Kier alpha value is -4.37. The molecule has 3 heterocycles. The summed E-state index contributed by atoms with van der Waals surface area (Å²) in [6, 6.07) is 23.8. The van der Waals surface area contributed by atoms with Crippen molar-refractivity contribution < 1.29 is 9.53 Å². The van der Waals surface area contributed by atoms with Crippen LogP contribution in [0.15, 0.2) is 79.0 Å². The predicted molar refractivity (Wildman–Crippen MR) is 168 cm³/mol. The van der Waals surface area contributed by atoms with Gasteiger partial charge in [-0.3, -0.25) is 9.78 Å². The zero-order valence-corrected chi connectivity index (χ0v) is 24.9. The molecule has 1 fully saturated rings. The van der Waals surface area contributed by atoms with E-state index < -0.39 is 0 Å². The first-order chi connectivity index (χ1) is 19.8. The lowest BCUT2D eigenvalue weighted by Crippen LogP contribution is -2.33. The van der Waals surface area contributed by atoms with Gasteiger partial charge < -0.3 is 29.7 Å². The van der Waals surface area contributed by atoms with E-state index in [-0.39, 0.29) is 24.4 Å². The van der Waals surface area contributed by atoms with Crippen molar-refractivity contribution in [1.82, 2.24) is 19.8 Å². The summed E-state index contributed by atoms with van der Waals surface area (Å²) in [7, 11) is 5.67. The molecule has 0 spiro atoms. The van der Waals surface area contributed by atoms with Gasteiger partial charge in [-0.2, -0.15) is 0 Å². The van der Waals surface area contributed by atoms with Crippen LogP contribution in [0.4, 0.5) is 11.4 Å². The molecule has 9 heteroatoms. The van der Waals surface area contributed by atoms with Gasteiger partial charge in [-0.05, 0) is 86.2 Å². The second-order valence-corrected chi connectivity index (χ2v) is 10.8. The Morgan fingerprint density at radius 2 is 1.80 bits per heavy atom. The Morgan fingerprint density at radius 3 is 2.49 bits per heavy atom. The quantitative estimate of drug-likeness (QED) is 0.256. The van der Waals surface area contributed by atoms with Crippen LogP contribution in [0.3, 0.4) is 0 Å². The SMILES string of the molecule is COc1ccccc1NC(=O)CCN1C(=S)N[C@@H](c2ccccn2)[C@@H]1c1cc(C)n(-c2ccc(N(C)C)cc2)c1C. The number of para-hydroxylation sites is 2. The number of anilines is 2. The molecule has 1 amide bonds. The first-order valence-electron chi connectivity index (χ1n) is 13.7. The molecule has 0 aliphatic carbocycles. The minimum absolute atomic E-state index is 0.108. The van der Waals surface area contributed by atoms with Crippen molar-refractivity contribution in [2.45, 2.75) is 32.4 Å². The van der Waals surface area contributed by atoms with E-state index in [1.165, 1.54) is 0 Å². The normalized spacial score (nSPS) is 16.4. The number of methoxy groups -OCH3 is 1.